The Morgan fingerprint density at radius 3 is 2.56 bits per heavy atom. The first kappa shape index (κ1) is 14.4. The Balaban J connectivity index is 1.99. The van der Waals surface area contributed by atoms with E-state index in [1.54, 1.807) is 0 Å². The van der Waals surface area contributed by atoms with Crippen molar-refractivity contribution in [3.63, 3.8) is 0 Å². The lowest BCUT2D eigenvalue weighted by Crippen LogP contribution is -2.33. The molecule has 1 fully saturated rings. The number of nitrogens with zero attached hydrogens (tertiary/aromatic N) is 1. The van der Waals surface area contributed by atoms with Crippen molar-refractivity contribution in [3.8, 4) is 0 Å². The first-order chi connectivity index (χ1) is 8.74. The summed E-state index contributed by atoms with van der Waals surface area (Å²) in [5.74, 6) is 0.955. The summed E-state index contributed by atoms with van der Waals surface area (Å²) in [6.45, 7) is 4.72. The Labute approximate surface area is 127 Å². The Morgan fingerprint density at radius 1 is 1.28 bits per heavy atom. The summed E-state index contributed by atoms with van der Waals surface area (Å²) in [5, 5.41) is 0.909. The molecule has 0 N–H and O–H groups in total. The highest BCUT2D eigenvalue weighted by atomic mass is 79.9. The van der Waals surface area contributed by atoms with E-state index in [2.05, 4.69) is 61.9 Å². The lowest BCUT2D eigenvalue weighted by Gasteiger charge is -2.33. The van der Waals surface area contributed by atoms with Crippen LogP contribution in [0.5, 0.6) is 0 Å². The van der Waals surface area contributed by atoms with Gasteiger partial charge in [-0.1, -0.05) is 57.7 Å². The van der Waals surface area contributed by atoms with Crippen LogP contribution in [0.15, 0.2) is 22.7 Å². The van der Waals surface area contributed by atoms with Crippen molar-refractivity contribution in [2.75, 3.05) is 18.0 Å². The fraction of sp³-hybridized carbons (Fsp3) is 0.600. The molecule has 0 aliphatic carbocycles. The summed E-state index contributed by atoms with van der Waals surface area (Å²) >= 11 is 7.16. The molecule has 1 nitrogen and oxygen atoms in total. The highest BCUT2D eigenvalue weighted by Gasteiger charge is 2.19. The van der Waals surface area contributed by atoms with Gasteiger partial charge in [-0.15, -0.1) is 0 Å². The maximum Gasteiger partial charge on any atom is 0.0377 e. The molecule has 1 aliphatic heterocycles. The first-order valence-electron chi connectivity index (χ1n) is 6.84. The van der Waals surface area contributed by atoms with Gasteiger partial charge in [0.2, 0.25) is 0 Å². The molecule has 0 amide bonds. The standard InChI is InChI=1S/C15H21Br2N/c1-2-3-12-6-8-18(9-7-12)14-5-4-13(11-16)15(17)10-14/h4-5,10,12H,2-3,6-9,11H2,1H3. The van der Waals surface area contributed by atoms with Crippen LogP contribution in [0, 0.1) is 5.92 Å². The molecule has 1 aromatic carbocycles. The number of piperidine rings is 1. The number of hydrogen-bond acceptors (Lipinski definition) is 1. The highest BCUT2D eigenvalue weighted by Crippen LogP contribution is 2.29. The highest BCUT2D eigenvalue weighted by molar-refractivity contribution is 9.10. The third-order valence-corrected chi connectivity index (χ3v) is 5.20. The normalized spacial score (nSPS) is 17.2. The molecule has 0 radical (unpaired) electrons. The summed E-state index contributed by atoms with van der Waals surface area (Å²) < 4.78 is 1.22. The van der Waals surface area contributed by atoms with Crippen molar-refractivity contribution >= 4 is 37.5 Å². The van der Waals surface area contributed by atoms with Crippen molar-refractivity contribution in [1.29, 1.82) is 0 Å². The van der Waals surface area contributed by atoms with Gasteiger partial charge in [-0.05, 0) is 36.5 Å². The third kappa shape index (κ3) is 3.51. The predicted molar refractivity (Wildman–Crippen MR) is 86.6 cm³/mol. The van der Waals surface area contributed by atoms with Crippen LogP contribution in [-0.2, 0) is 5.33 Å². The Morgan fingerprint density at radius 2 is 2.00 bits per heavy atom. The van der Waals surface area contributed by atoms with Gasteiger partial charge in [0.25, 0.3) is 0 Å². The second kappa shape index (κ2) is 6.95. The average molecular weight is 375 g/mol. The number of benzene rings is 1. The zero-order valence-corrected chi connectivity index (χ0v) is 14.1. The Hall–Kier alpha value is -0.0200. The van der Waals surface area contributed by atoms with Crippen LogP contribution in [0.1, 0.15) is 38.2 Å². The van der Waals surface area contributed by atoms with Gasteiger partial charge in [-0.3, -0.25) is 0 Å². The monoisotopic (exact) mass is 373 g/mol. The predicted octanol–water partition coefficient (Wildman–Crippen LogP) is 5.36. The fourth-order valence-electron chi connectivity index (χ4n) is 2.73. The summed E-state index contributed by atoms with van der Waals surface area (Å²) in [6, 6.07) is 6.73. The molecular formula is C15H21Br2N. The lowest BCUT2D eigenvalue weighted by molar-refractivity contribution is 0.378. The van der Waals surface area contributed by atoms with E-state index in [4.69, 9.17) is 0 Å². The maximum atomic E-state index is 3.65. The van der Waals surface area contributed by atoms with Crippen LogP contribution in [0.2, 0.25) is 0 Å². The van der Waals surface area contributed by atoms with Crippen molar-refractivity contribution < 1.29 is 0 Å². The molecule has 18 heavy (non-hydrogen) atoms. The molecule has 1 saturated heterocycles. The van der Waals surface area contributed by atoms with E-state index < -0.39 is 0 Å². The molecule has 0 spiro atoms. The fourth-order valence-corrected chi connectivity index (χ4v) is 4.10. The molecule has 100 valence electrons. The molecule has 2 rings (SSSR count). The van der Waals surface area contributed by atoms with Crippen molar-refractivity contribution in [2.45, 2.75) is 37.9 Å². The minimum absolute atomic E-state index is 0.909. The topological polar surface area (TPSA) is 3.24 Å². The van der Waals surface area contributed by atoms with E-state index in [1.165, 1.54) is 54.5 Å². The lowest BCUT2D eigenvalue weighted by atomic mass is 9.92. The number of anilines is 1. The molecule has 0 aromatic heterocycles. The summed E-state index contributed by atoms with van der Waals surface area (Å²) in [7, 11) is 0. The van der Waals surface area contributed by atoms with Gasteiger partial charge in [0, 0.05) is 28.6 Å². The number of hydrogen-bond donors (Lipinski definition) is 0. The van der Waals surface area contributed by atoms with Crippen LogP contribution in [0.25, 0.3) is 0 Å². The first-order valence-corrected chi connectivity index (χ1v) is 8.75. The largest absolute Gasteiger partial charge is 0.371 e. The minimum Gasteiger partial charge on any atom is -0.371 e. The van der Waals surface area contributed by atoms with Gasteiger partial charge in [-0.25, -0.2) is 0 Å². The Kier molecular flexibility index (Phi) is 5.56. The van der Waals surface area contributed by atoms with Crippen LogP contribution < -0.4 is 4.90 Å². The second-order valence-corrected chi connectivity index (χ2v) is 6.54. The van der Waals surface area contributed by atoms with Gasteiger partial charge in [0.1, 0.15) is 0 Å². The zero-order chi connectivity index (χ0) is 13.0. The summed E-state index contributed by atoms with van der Waals surface area (Å²) in [6.07, 6.45) is 5.44. The molecule has 1 aromatic rings. The third-order valence-electron chi connectivity index (χ3n) is 3.86. The quantitative estimate of drug-likeness (QED) is 0.641. The molecule has 3 heteroatoms. The number of alkyl halides is 1. The van der Waals surface area contributed by atoms with E-state index in [1.807, 2.05) is 0 Å². The zero-order valence-electron chi connectivity index (χ0n) is 11.0. The summed E-state index contributed by atoms with van der Waals surface area (Å²) in [5.41, 5.74) is 2.68. The van der Waals surface area contributed by atoms with Crippen molar-refractivity contribution in [1.82, 2.24) is 0 Å². The molecule has 0 bridgehead atoms. The van der Waals surface area contributed by atoms with E-state index in [0.29, 0.717) is 0 Å². The molecule has 0 saturated carbocycles. The van der Waals surface area contributed by atoms with E-state index >= 15 is 0 Å². The van der Waals surface area contributed by atoms with Gasteiger partial charge >= 0.3 is 0 Å². The van der Waals surface area contributed by atoms with Crippen LogP contribution in [0.4, 0.5) is 5.69 Å². The van der Waals surface area contributed by atoms with Gasteiger partial charge in [0.15, 0.2) is 0 Å². The minimum atomic E-state index is 0.909. The van der Waals surface area contributed by atoms with E-state index in [0.717, 1.165) is 11.2 Å². The maximum absolute atomic E-state index is 3.65. The van der Waals surface area contributed by atoms with Crippen molar-refractivity contribution in [3.05, 3.63) is 28.2 Å². The molecule has 1 heterocycles. The van der Waals surface area contributed by atoms with Gasteiger partial charge < -0.3 is 4.90 Å². The van der Waals surface area contributed by atoms with Crippen LogP contribution >= 0.6 is 31.9 Å². The van der Waals surface area contributed by atoms with Crippen molar-refractivity contribution in [2.24, 2.45) is 5.92 Å². The second-order valence-electron chi connectivity index (χ2n) is 5.13. The van der Waals surface area contributed by atoms with Gasteiger partial charge in [0.05, 0.1) is 0 Å². The van der Waals surface area contributed by atoms with Crippen LogP contribution in [-0.4, -0.2) is 13.1 Å². The van der Waals surface area contributed by atoms with Gasteiger partial charge in [-0.2, -0.15) is 0 Å². The number of rotatable bonds is 4. The molecule has 1 aliphatic rings. The molecule has 0 unspecified atom stereocenters. The summed E-state index contributed by atoms with van der Waals surface area (Å²) in [4.78, 5) is 2.52. The van der Waals surface area contributed by atoms with E-state index in [-0.39, 0.29) is 0 Å². The molecular weight excluding hydrogens is 354 g/mol. The average Bonchev–Trinajstić information content (AvgIpc) is 2.40. The SMILES string of the molecule is CCCC1CCN(c2ccc(CBr)c(Br)c2)CC1. The Bertz CT molecular complexity index is 384. The number of halogens is 2. The molecule has 0 atom stereocenters. The van der Waals surface area contributed by atoms with E-state index in [9.17, 15) is 0 Å². The van der Waals surface area contributed by atoms with Crippen LogP contribution in [0.3, 0.4) is 0 Å². The smallest absolute Gasteiger partial charge is 0.0377 e.